The Morgan fingerprint density at radius 1 is 1.27 bits per heavy atom. The molecule has 0 aliphatic rings. The lowest BCUT2D eigenvalue weighted by Crippen LogP contribution is -2.21. The van der Waals surface area contributed by atoms with E-state index in [1.807, 2.05) is 6.92 Å². The molecule has 4 aromatic rings. The summed E-state index contributed by atoms with van der Waals surface area (Å²) in [4.78, 5) is 24.3. The van der Waals surface area contributed by atoms with Crippen LogP contribution >= 0.6 is 11.3 Å². The number of hydrogen-bond acceptors (Lipinski definition) is 7. The number of halogens is 2. The van der Waals surface area contributed by atoms with Gasteiger partial charge in [-0.15, -0.1) is 16.4 Å². The van der Waals surface area contributed by atoms with Crippen molar-refractivity contribution in [1.82, 2.24) is 24.5 Å². The van der Waals surface area contributed by atoms with Gasteiger partial charge in [0.25, 0.3) is 5.91 Å². The summed E-state index contributed by atoms with van der Waals surface area (Å²) in [6.45, 7) is -1.11. The molecule has 0 unspecified atom stereocenters. The van der Waals surface area contributed by atoms with E-state index in [1.54, 1.807) is 20.2 Å². The number of rotatable bonds is 5. The molecule has 8 nitrogen and oxygen atoms in total. The van der Waals surface area contributed by atoms with Crippen molar-refractivity contribution in [2.24, 2.45) is 0 Å². The maximum Gasteiger partial charge on any atom is 0.387 e. The number of fused-ring (bicyclic) bond motifs is 3. The molecule has 4 rings (SSSR count). The molecule has 0 bridgehead atoms. The second-order valence-electron chi connectivity index (χ2n) is 6.63. The number of ether oxygens (including phenoxy) is 2. The van der Waals surface area contributed by atoms with Gasteiger partial charge in [-0.1, -0.05) is 0 Å². The zero-order chi connectivity index (χ0) is 21.6. The van der Waals surface area contributed by atoms with Gasteiger partial charge in [-0.2, -0.15) is 8.78 Å². The predicted octanol–water partition coefficient (Wildman–Crippen LogP) is 3.63. The molecule has 11 heteroatoms. The van der Waals surface area contributed by atoms with Gasteiger partial charge in [0, 0.05) is 19.7 Å². The van der Waals surface area contributed by atoms with E-state index >= 15 is 0 Å². The Hall–Kier alpha value is -3.34. The van der Waals surface area contributed by atoms with Crippen molar-refractivity contribution in [3.8, 4) is 22.9 Å². The number of amides is 1. The summed E-state index contributed by atoms with van der Waals surface area (Å²) in [6, 6.07) is 4.48. The fraction of sp³-hybridized carbons (Fsp3) is 0.263. The van der Waals surface area contributed by atoms with Crippen molar-refractivity contribution in [2.75, 3.05) is 21.2 Å². The monoisotopic (exact) mass is 433 g/mol. The van der Waals surface area contributed by atoms with E-state index < -0.39 is 6.61 Å². The summed E-state index contributed by atoms with van der Waals surface area (Å²) < 4.78 is 36.2. The molecular weight excluding hydrogens is 416 g/mol. The van der Waals surface area contributed by atoms with E-state index in [0.29, 0.717) is 26.7 Å². The third-order valence-electron chi connectivity index (χ3n) is 4.51. The topological polar surface area (TPSA) is 81.9 Å². The summed E-state index contributed by atoms with van der Waals surface area (Å²) in [5.74, 6) is 0.315. The normalized spacial score (nSPS) is 11.4. The van der Waals surface area contributed by atoms with Gasteiger partial charge in [0.1, 0.15) is 11.2 Å². The van der Waals surface area contributed by atoms with E-state index in [1.165, 1.54) is 46.3 Å². The van der Waals surface area contributed by atoms with Gasteiger partial charge in [-0.3, -0.25) is 4.79 Å². The van der Waals surface area contributed by atoms with Gasteiger partial charge in [0.15, 0.2) is 23.0 Å². The van der Waals surface area contributed by atoms with Gasteiger partial charge in [0.2, 0.25) is 0 Å². The smallest absolute Gasteiger partial charge is 0.387 e. The van der Waals surface area contributed by atoms with Crippen LogP contribution in [0.4, 0.5) is 8.78 Å². The van der Waals surface area contributed by atoms with Gasteiger partial charge < -0.3 is 14.4 Å². The molecule has 0 radical (unpaired) electrons. The van der Waals surface area contributed by atoms with Crippen molar-refractivity contribution in [3.63, 3.8) is 0 Å². The zero-order valence-corrected chi connectivity index (χ0v) is 17.3. The van der Waals surface area contributed by atoms with Crippen LogP contribution in [0.5, 0.6) is 11.5 Å². The van der Waals surface area contributed by atoms with Gasteiger partial charge >= 0.3 is 6.61 Å². The maximum absolute atomic E-state index is 12.6. The van der Waals surface area contributed by atoms with E-state index in [9.17, 15) is 13.6 Å². The van der Waals surface area contributed by atoms with Crippen LogP contribution in [0.25, 0.3) is 27.3 Å². The lowest BCUT2D eigenvalue weighted by molar-refractivity contribution is -0.0512. The first-order chi connectivity index (χ1) is 14.3. The minimum atomic E-state index is -2.96. The Morgan fingerprint density at radius 3 is 2.70 bits per heavy atom. The number of methoxy groups -OCH3 is 1. The number of alkyl halides is 2. The number of aromatic nitrogens is 4. The van der Waals surface area contributed by atoms with Crippen LogP contribution in [0, 0.1) is 6.92 Å². The second-order valence-corrected chi connectivity index (χ2v) is 7.63. The summed E-state index contributed by atoms with van der Waals surface area (Å²) in [6.07, 6.45) is 1.53. The molecule has 0 N–H and O–H groups in total. The van der Waals surface area contributed by atoms with Crippen LogP contribution in [0.15, 0.2) is 24.5 Å². The Kier molecular flexibility index (Phi) is 4.98. The Bertz CT molecular complexity index is 1270. The number of benzene rings is 1. The standard InChI is InChI=1S/C19H17F2N5O3S/c1-9-13-16-23-15(10-5-6-11(29-19(20)21)12(7-10)28-4)24-26(16)8-22-17(13)30-14(9)18(27)25(2)3/h5-8,19H,1-4H3. The molecule has 0 aliphatic heterocycles. The zero-order valence-electron chi connectivity index (χ0n) is 16.5. The highest BCUT2D eigenvalue weighted by Gasteiger charge is 2.22. The SMILES string of the molecule is COc1cc(-c2nc3c4c(C)c(C(=O)N(C)C)sc4ncn3n2)ccc1OC(F)F. The Labute approximate surface area is 173 Å². The number of carbonyl (C=O) groups is 1. The van der Waals surface area contributed by atoms with Crippen LogP contribution in [0.2, 0.25) is 0 Å². The third-order valence-corrected chi connectivity index (χ3v) is 5.69. The average molecular weight is 433 g/mol. The molecule has 1 amide bonds. The molecule has 0 saturated carbocycles. The van der Waals surface area contributed by atoms with Crippen molar-refractivity contribution in [2.45, 2.75) is 13.5 Å². The summed E-state index contributed by atoms with van der Waals surface area (Å²) in [7, 11) is 4.75. The highest BCUT2D eigenvalue weighted by molar-refractivity contribution is 7.20. The van der Waals surface area contributed by atoms with Gasteiger partial charge in [0.05, 0.1) is 17.4 Å². The largest absolute Gasteiger partial charge is 0.493 e. The van der Waals surface area contributed by atoms with Crippen LogP contribution in [0.1, 0.15) is 15.2 Å². The molecular formula is C19H17F2N5O3S. The van der Waals surface area contributed by atoms with E-state index in [2.05, 4.69) is 19.8 Å². The number of aryl methyl sites for hydroxylation is 1. The highest BCUT2D eigenvalue weighted by atomic mass is 32.1. The molecule has 0 fully saturated rings. The van der Waals surface area contributed by atoms with Crippen LogP contribution in [0.3, 0.4) is 0 Å². The fourth-order valence-corrected chi connectivity index (χ4v) is 4.23. The first-order valence-electron chi connectivity index (χ1n) is 8.79. The van der Waals surface area contributed by atoms with Crippen molar-refractivity contribution >= 4 is 33.1 Å². The van der Waals surface area contributed by atoms with Crippen molar-refractivity contribution in [1.29, 1.82) is 0 Å². The maximum atomic E-state index is 12.6. The Morgan fingerprint density at radius 2 is 2.03 bits per heavy atom. The van der Waals surface area contributed by atoms with E-state index in [4.69, 9.17) is 4.74 Å². The lowest BCUT2D eigenvalue weighted by Gasteiger charge is -2.10. The highest BCUT2D eigenvalue weighted by Crippen LogP contribution is 2.35. The van der Waals surface area contributed by atoms with Crippen molar-refractivity contribution in [3.05, 3.63) is 35.0 Å². The number of nitrogens with zero attached hydrogens (tertiary/aromatic N) is 5. The molecule has 0 saturated heterocycles. The lowest BCUT2D eigenvalue weighted by atomic mass is 10.2. The van der Waals surface area contributed by atoms with E-state index in [-0.39, 0.29) is 17.4 Å². The summed E-state index contributed by atoms with van der Waals surface area (Å²) >= 11 is 1.30. The molecule has 1 aromatic carbocycles. The van der Waals surface area contributed by atoms with Crippen LogP contribution in [-0.4, -0.2) is 58.2 Å². The Balaban J connectivity index is 1.84. The molecule has 156 valence electrons. The first kappa shape index (κ1) is 20.0. The molecule has 30 heavy (non-hydrogen) atoms. The first-order valence-corrected chi connectivity index (χ1v) is 9.61. The third kappa shape index (κ3) is 3.30. The molecule has 0 spiro atoms. The molecule has 0 atom stereocenters. The number of carbonyl (C=O) groups excluding carboxylic acids is 1. The van der Waals surface area contributed by atoms with Gasteiger partial charge in [-0.05, 0) is 30.7 Å². The molecule has 3 aromatic heterocycles. The quantitative estimate of drug-likeness (QED) is 0.478. The fourth-order valence-electron chi connectivity index (χ4n) is 3.06. The van der Waals surface area contributed by atoms with Crippen molar-refractivity contribution < 1.29 is 23.0 Å². The number of hydrogen-bond donors (Lipinski definition) is 0. The van der Waals surface area contributed by atoms with Crippen LogP contribution in [-0.2, 0) is 0 Å². The summed E-state index contributed by atoms with van der Waals surface area (Å²) in [5, 5.41) is 5.18. The van der Waals surface area contributed by atoms with E-state index in [0.717, 1.165) is 10.9 Å². The molecule has 0 aliphatic carbocycles. The average Bonchev–Trinajstić information content (AvgIpc) is 3.28. The second kappa shape index (κ2) is 7.48. The minimum Gasteiger partial charge on any atom is -0.493 e. The summed E-state index contributed by atoms with van der Waals surface area (Å²) in [5.41, 5.74) is 1.89. The van der Waals surface area contributed by atoms with Crippen LogP contribution < -0.4 is 9.47 Å². The number of thiophene rings is 1. The van der Waals surface area contributed by atoms with Gasteiger partial charge in [-0.25, -0.2) is 14.5 Å². The predicted molar refractivity (Wildman–Crippen MR) is 108 cm³/mol. The minimum absolute atomic E-state index is 0.0791. The molecule has 3 heterocycles.